The van der Waals surface area contributed by atoms with Crippen LogP contribution in [0.2, 0.25) is 0 Å². The summed E-state index contributed by atoms with van der Waals surface area (Å²) in [6.45, 7) is 2.12. The number of carbonyl (C=O) groups is 1. The molecule has 128 valence electrons. The van der Waals surface area contributed by atoms with E-state index >= 15 is 0 Å². The van der Waals surface area contributed by atoms with Gasteiger partial charge >= 0.3 is 0 Å². The third kappa shape index (κ3) is 3.82. The Hall–Kier alpha value is -3.22. The molecule has 0 saturated heterocycles. The molecule has 0 fully saturated rings. The lowest BCUT2D eigenvalue weighted by Gasteiger charge is -2.05. The Morgan fingerprint density at radius 2 is 2.08 bits per heavy atom. The van der Waals surface area contributed by atoms with Gasteiger partial charge < -0.3 is 10.3 Å². The lowest BCUT2D eigenvalue weighted by atomic mass is 10.1. The van der Waals surface area contributed by atoms with Crippen molar-refractivity contribution in [2.45, 2.75) is 19.8 Å². The van der Waals surface area contributed by atoms with Gasteiger partial charge in [-0.15, -0.1) is 0 Å². The highest BCUT2D eigenvalue weighted by molar-refractivity contribution is 5.94. The van der Waals surface area contributed by atoms with E-state index in [0.717, 1.165) is 23.3 Å². The number of fused-ring (bicyclic) bond motifs is 1. The molecule has 0 saturated carbocycles. The second kappa shape index (κ2) is 7.12. The fourth-order valence-corrected chi connectivity index (χ4v) is 2.63. The molecule has 7 heteroatoms. The quantitative estimate of drug-likeness (QED) is 0.409. The van der Waals surface area contributed by atoms with Crippen LogP contribution in [0.4, 0.5) is 5.69 Å². The number of aromatic nitrogens is 2. The van der Waals surface area contributed by atoms with Gasteiger partial charge in [0.15, 0.2) is 0 Å². The topological polar surface area (TPSA) is 101 Å². The van der Waals surface area contributed by atoms with Crippen molar-refractivity contribution in [3.63, 3.8) is 0 Å². The lowest BCUT2D eigenvalue weighted by molar-refractivity contribution is -0.385. The van der Waals surface area contributed by atoms with E-state index in [-0.39, 0.29) is 11.6 Å². The second-order valence-electron chi connectivity index (χ2n) is 5.82. The summed E-state index contributed by atoms with van der Waals surface area (Å²) in [5, 5.41) is 13.7. The van der Waals surface area contributed by atoms with Crippen LogP contribution in [0.15, 0.2) is 42.5 Å². The second-order valence-corrected chi connectivity index (χ2v) is 5.82. The van der Waals surface area contributed by atoms with Gasteiger partial charge in [-0.25, -0.2) is 4.98 Å². The van der Waals surface area contributed by atoms with Gasteiger partial charge in [-0.2, -0.15) is 0 Å². The predicted molar refractivity (Wildman–Crippen MR) is 94.6 cm³/mol. The number of amides is 1. The van der Waals surface area contributed by atoms with Gasteiger partial charge in [-0.1, -0.05) is 18.2 Å². The molecule has 3 rings (SSSR count). The number of para-hydroxylation sites is 2. The van der Waals surface area contributed by atoms with Crippen LogP contribution in [0.25, 0.3) is 11.0 Å². The summed E-state index contributed by atoms with van der Waals surface area (Å²) in [7, 11) is 0. The van der Waals surface area contributed by atoms with E-state index in [1.807, 2.05) is 24.3 Å². The molecule has 2 N–H and O–H groups in total. The number of aryl methyl sites for hydroxylation is 2. The van der Waals surface area contributed by atoms with Crippen molar-refractivity contribution >= 4 is 22.6 Å². The van der Waals surface area contributed by atoms with Gasteiger partial charge in [0.1, 0.15) is 5.82 Å². The molecule has 1 amide bonds. The average Bonchev–Trinajstić information content (AvgIpc) is 3.01. The molecule has 0 atom stereocenters. The lowest BCUT2D eigenvalue weighted by Crippen LogP contribution is -2.25. The van der Waals surface area contributed by atoms with Crippen LogP contribution >= 0.6 is 0 Å². The van der Waals surface area contributed by atoms with E-state index in [9.17, 15) is 14.9 Å². The number of nitrogens with one attached hydrogen (secondary N) is 2. The Morgan fingerprint density at radius 3 is 2.84 bits per heavy atom. The van der Waals surface area contributed by atoms with Crippen LogP contribution in [0.1, 0.15) is 28.2 Å². The zero-order chi connectivity index (χ0) is 17.8. The van der Waals surface area contributed by atoms with Gasteiger partial charge in [0.05, 0.1) is 16.0 Å². The van der Waals surface area contributed by atoms with E-state index in [4.69, 9.17) is 0 Å². The molecule has 0 spiro atoms. The summed E-state index contributed by atoms with van der Waals surface area (Å²) < 4.78 is 0. The summed E-state index contributed by atoms with van der Waals surface area (Å²) in [6, 6.07) is 12.3. The number of rotatable bonds is 6. The molecular formula is C18H18N4O3. The Bertz CT molecular complexity index is 900. The van der Waals surface area contributed by atoms with E-state index in [2.05, 4.69) is 15.3 Å². The van der Waals surface area contributed by atoms with Crippen LogP contribution in [0.3, 0.4) is 0 Å². The Kier molecular flexibility index (Phi) is 4.74. The zero-order valence-electron chi connectivity index (χ0n) is 13.8. The van der Waals surface area contributed by atoms with Crippen LogP contribution < -0.4 is 5.32 Å². The number of hydrogen-bond acceptors (Lipinski definition) is 4. The van der Waals surface area contributed by atoms with Crippen LogP contribution in [-0.4, -0.2) is 27.3 Å². The number of nitro benzene ring substituents is 1. The molecule has 0 aliphatic heterocycles. The fraction of sp³-hybridized carbons (Fsp3) is 0.222. The third-order valence-corrected chi connectivity index (χ3v) is 3.98. The Labute approximate surface area is 144 Å². The van der Waals surface area contributed by atoms with Gasteiger partial charge in [-0.3, -0.25) is 14.9 Å². The summed E-state index contributed by atoms with van der Waals surface area (Å²) >= 11 is 0. The van der Waals surface area contributed by atoms with Gasteiger partial charge in [0.2, 0.25) is 0 Å². The number of H-pyrrole nitrogens is 1. The molecule has 0 aliphatic rings. The highest BCUT2D eigenvalue weighted by Crippen LogP contribution is 2.19. The molecule has 1 aromatic heterocycles. The smallest absolute Gasteiger partial charge is 0.273 e. The van der Waals surface area contributed by atoms with Crippen molar-refractivity contribution in [2.75, 3.05) is 6.54 Å². The SMILES string of the molecule is Cc1ccc(C(=O)NCCCc2nc3ccccc3[nH]2)cc1[N+](=O)[O-]. The number of hydrogen-bond donors (Lipinski definition) is 2. The first-order valence-corrected chi connectivity index (χ1v) is 8.01. The van der Waals surface area contributed by atoms with Gasteiger partial charge in [0.25, 0.3) is 11.6 Å². The zero-order valence-corrected chi connectivity index (χ0v) is 13.8. The van der Waals surface area contributed by atoms with Gasteiger partial charge in [-0.05, 0) is 31.5 Å². The Balaban J connectivity index is 1.54. The molecule has 2 aromatic carbocycles. The monoisotopic (exact) mass is 338 g/mol. The van der Waals surface area contributed by atoms with Crippen LogP contribution in [0, 0.1) is 17.0 Å². The largest absolute Gasteiger partial charge is 0.352 e. The minimum absolute atomic E-state index is 0.0464. The molecule has 1 heterocycles. The van der Waals surface area contributed by atoms with E-state index < -0.39 is 4.92 Å². The number of nitrogens with zero attached hydrogens (tertiary/aromatic N) is 2. The fourth-order valence-electron chi connectivity index (χ4n) is 2.63. The number of carbonyl (C=O) groups excluding carboxylic acids is 1. The minimum Gasteiger partial charge on any atom is -0.352 e. The van der Waals surface area contributed by atoms with Crippen molar-refractivity contribution in [1.29, 1.82) is 0 Å². The van der Waals surface area contributed by atoms with Crippen molar-refractivity contribution < 1.29 is 9.72 Å². The molecule has 0 aliphatic carbocycles. The first kappa shape index (κ1) is 16.6. The van der Waals surface area contributed by atoms with Crippen LogP contribution in [0.5, 0.6) is 0 Å². The highest BCUT2D eigenvalue weighted by atomic mass is 16.6. The van der Waals surface area contributed by atoms with Crippen molar-refractivity contribution in [1.82, 2.24) is 15.3 Å². The standard InChI is InChI=1S/C18H18N4O3/c1-12-8-9-13(11-16(12)22(24)25)18(23)19-10-4-7-17-20-14-5-2-3-6-15(14)21-17/h2-3,5-6,8-9,11H,4,7,10H2,1H3,(H,19,23)(H,20,21). The normalized spacial score (nSPS) is 10.8. The third-order valence-electron chi connectivity index (χ3n) is 3.98. The molecule has 3 aromatic rings. The first-order valence-electron chi connectivity index (χ1n) is 8.01. The number of aromatic amines is 1. The summed E-state index contributed by atoms with van der Waals surface area (Å²) in [5.74, 6) is 0.564. The van der Waals surface area contributed by atoms with E-state index in [1.54, 1.807) is 19.1 Å². The van der Waals surface area contributed by atoms with Crippen LogP contribution in [-0.2, 0) is 6.42 Å². The maximum Gasteiger partial charge on any atom is 0.273 e. The number of nitro groups is 1. The Morgan fingerprint density at radius 1 is 1.28 bits per heavy atom. The van der Waals surface area contributed by atoms with Crippen molar-refractivity contribution in [2.24, 2.45) is 0 Å². The first-order chi connectivity index (χ1) is 12.0. The van der Waals surface area contributed by atoms with E-state index in [1.165, 1.54) is 6.07 Å². The average molecular weight is 338 g/mol. The molecule has 0 bridgehead atoms. The number of benzene rings is 2. The highest BCUT2D eigenvalue weighted by Gasteiger charge is 2.14. The van der Waals surface area contributed by atoms with Crippen molar-refractivity contribution in [3.8, 4) is 0 Å². The molecular weight excluding hydrogens is 320 g/mol. The number of imidazole rings is 1. The summed E-state index contributed by atoms with van der Waals surface area (Å²) in [4.78, 5) is 30.3. The van der Waals surface area contributed by atoms with Gasteiger partial charge in [0, 0.05) is 30.2 Å². The maximum atomic E-state index is 12.1. The van der Waals surface area contributed by atoms with Crippen molar-refractivity contribution in [3.05, 3.63) is 69.5 Å². The molecule has 0 unspecified atom stereocenters. The maximum absolute atomic E-state index is 12.1. The minimum atomic E-state index is -0.478. The predicted octanol–water partition coefficient (Wildman–Crippen LogP) is 3.14. The summed E-state index contributed by atoms with van der Waals surface area (Å²) in [6.07, 6.45) is 1.43. The molecule has 0 radical (unpaired) electrons. The molecule has 25 heavy (non-hydrogen) atoms. The van der Waals surface area contributed by atoms with E-state index in [0.29, 0.717) is 24.1 Å². The summed E-state index contributed by atoms with van der Waals surface area (Å²) in [5.41, 5.74) is 2.70. The molecule has 7 nitrogen and oxygen atoms in total.